The number of carbonyl (C=O) groups is 1. The Hall–Kier alpha value is -1.03. The predicted molar refractivity (Wildman–Crippen MR) is 50.3 cm³/mol. The molecule has 0 spiro atoms. The molecule has 0 bridgehead atoms. The van der Waals surface area contributed by atoms with Crippen molar-refractivity contribution in [1.29, 1.82) is 0 Å². The smallest absolute Gasteiger partial charge is 0.404 e. The van der Waals surface area contributed by atoms with Crippen LogP contribution >= 0.6 is 0 Å². The first-order valence-electron chi connectivity index (χ1n) is 4.51. The van der Waals surface area contributed by atoms with E-state index in [1.165, 1.54) is 0 Å². The highest BCUT2D eigenvalue weighted by atomic mass is 16.6. The number of hydrogen-bond donors (Lipinski definition) is 1. The third-order valence-electron chi connectivity index (χ3n) is 2.13. The van der Waals surface area contributed by atoms with E-state index in [9.17, 15) is 4.79 Å². The number of carbonyl (C=O) groups excluding carboxylic acids is 1. The first kappa shape index (κ1) is 10.1. The van der Waals surface area contributed by atoms with Crippen LogP contribution in [0, 0.1) is 0 Å². The van der Waals surface area contributed by atoms with Crippen molar-refractivity contribution >= 4 is 6.09 Å². The van der Waals surface area contributed by atoms with Gasteiger partial charge in [0.2, 0.25) is 0 Å². The Bertz CT molecular complexity index is 194. The second-order valence-electron chi connectivity index (χ2n) is 3.25. The SMILES string of the molecule is C=CCN1CCCC(OC(N)=O)C1. The van der Waals surface area contributed by atoms with Gasteiger partial charge in [-0.25, -0.2) is 4.79 Å². The molecule has 1 atom stereocenters. The van der Waals surface area contributed by atoms with Crippen molar-refractivity contribution in [3.63, 3.8) is 0 Å². The zero-order valence-electron chi connectivity index (χ0n) is 7.74. The third-order valence-corrected chi connectivity index (χ3v) is 2.13. The van der Waals surface area contributed by atoms with Crippen molar-refractivity contribution in [1.82, 2.24) is 4.90 Å². The summed E-state index contributed by atoms with van der Waals surface area (Å²) in [4.78, 5) is 12.7. The molecular formula is C9H16N2O2. The molecule has 0 radical (unpaired) electrons. The van der Waals surface area contributed by atoms with Gasteiger partial charge in [0.05, 0.1) is 0 Å². The monoisotopic (exact) mass is 184 g/mol. The molecule has 0 aromatic heterocycles. The molecule has 0 aliphatic carbocycles. The number of nitrogens with zero attached hydrogens (tertiary/aromatic N) is 1. The van der Waals surface area contributed by atoms with E-state index in [1.54, 1.807) is 0 Å². The molecule has 0 aromatic rings. The van der Waals surface area contributed by atoms with Gasteiger partial charge in [0.25, 0.3) is 0 Å². The van der Waals surface area contributed by atoms with Crippen LogP contribution in [0.3, 0.4) is 0 Å². The van der Waals surface area contributed by atoms with E-state index in [4.69, 9.17) is 10.5 Å². The normalized spacial score (nSPS) is 23.8. The first-order chi connectivity index (χ1) is 6.22. The van der Waals surface area contributed by atoms with Gasteiger partial charge in [-0.2, -0.15) is 0 Å². The highest BCUT2D eigenvalue weighted by Gasteiger charge is 2.20. The molecule has 1 rings (SSSR count). The van der Waals surface area contributed by atoms with E-state index in [2.05, 4.69) is 11.5 Å². The maximum Gasteiger partial charge on any atom is 0.404 e. The molecule has 1 heterocycles. The van der Waals surface area contributed by atoms with Crippen LogP contribution in [0.2, 0.25) is 0 Å². The van der Waals surface area contributed by atoms with Crippen molar-refractivity contribution < 1.29 is 9.53 Å². The molecule has 2 N–H and O–H groups in total. The Labute approximate surface area is 78.3 Å². The molecule has 0 saturated carbocycles. The quantitative estimate of drug-likeness (QED) is 0.658. The van der Waals surface area contributed by atoms with Crippen LogP contribution in [0.5, 0.6) is 0 Å². The lowest BCUT2D eigenvalue weighted by molar-refractivity contribution is 0.0516. The van der Waals surface area contributed by atoms with Gasteiger partial charge in [-0.15, -0.1) is 6.58 Å². The molecule has 74 valence electrons. The zero-order chi connectivity index (χ0) is 9.68. The van der Waals surface area contributed by atoms with Crippen molar-refractivity contribution in [3.05, 3.63) is 12.7 Å². The summed E-state index contributed by atoms with van der Waals surface area (Å²) in [5.74, 6) is 0. The summed E-state index contributed by atoms with van der Waals surface area (Å²) in [6.07, 6.45) is 3.10. The lowest BCUT2D eigenvalue weighted by Gasteiger charge is -2.30. The Morgan fingerprint density at radius 2 is 2.54 bits per heavy atom. The minimum absolute atomic E-state index is 0.0359. The standard InChI is InChI=1S/C9H16N2O2/c1-2-5-11-6-3-4-8(7-11)13-9(10)12/h2,8H,1,3-7H2,(H2,10,12). The molecule has 1 aliphatic rings. The van der Waals surface area contributed by atoms with E-state index >= 15 is 0 Å². The number of nitrogens with two attached hydrogens (primary N) is 1. The Morgan fingerprint density at radius 1 is 1.77 bits per heavy atom. The summed E-state index contributed by atoms with van der Waals surface area (Å²) in [5.41, 5.74) is 4.94. The fourth-order valence-electron chi connectivity index (χ4n) is 1.62. The van der Waals surface area contributed by atoms with Gasteiger partial charge in [-0.05, 0) is 19.4 Å². The van der Waals surface area contributed by atoms with Crippen molar-refractivity contribution in [2.45, 2.75) is 18.9 Å². The van der Waals surface area contributed by atoms with Crippen molar-refractivity contribution in [2.75, 3.05) is 19.6 Å². The summed E-state index contributed by atoms with van der Waals surface area (Å²) in [7, 11) is 0. The Kier molecular flexibility index (Phi) is 3.76. The molecule has 1 aliphatic heterocycles. The summed E-state index contributed by atoms with van der Waals surface area (Å²) in [6.45, 7) is 6.33. The maximum absolute atomic E-state index is 10.5. The van der Waals surface area contributed by atoms with Crippen LogP contribution in [0.4, 0.5) is 4.79 Å². The number of piperidine rings is 1. The Morgan fingerprint density at radius 3 is 3.15 bits per heavy atom. The van der Waals surface area contributed by atoms with Crippen LogP contribution < -0.4 is 5.73 Å². The number of rotatable bonds is 3. The van der Waals surface area contributed by atoms with E-state index in [-0.39, 0.29) is 6.10 Å². The predicted octanol–water partition coefficient (Wildman–Crippen LogP) is 0.732. The molecule has 1 saturated heterocycles. The molecule has 0 aromatic carbocycles. The average molecular weight is 184 g/mol. The molecular weight excluding hydrogens is 168 g/mol. The molecule has 13 heavy (non-hydrogen) atoms. The lowest BCUT2D eigenvalue weighted by atomic mass is 10.1. The summed E-state index contributed by atoms with van der Waals surface area (Å²) in [6, 6.07) is 0. The summed E-state index contributed by atoms with van der Waals surface area (Å²) in [5, 5.41) is 0. The van der Waals surface area contributed by atoms with Crippen LogP contribution in [0.25, 0.3) is 0 Å². The van der Waals surface area contributed by atoms with E-state index < -0.39 is 6.09 Å². The van der Waals surface area contributed by atoms with Gasteiger partial charge in [-0.1, -0.05) is 6.08 Å². The van der Waals surface area contributed by atoms with Crippen LogP contribution in [0.15, 0.2) is 12.7 Å². The lowest BCUT2D eigenvalue weighted by Crippen LogP contribution is -2.41. The van der Waals surface area contributed by atoms with Gasteiger partial charge >= 0.3 is 6.09 Å². The molecule has 1 fully saturated rings. The highest BCUT2D eigenvalue weighted by Crippen LogP contribution is 2.12. The van der Waals surface area contributed by atoms with Gasteiger partial charge < -0.3 is 10.5 Å². The van der Waals surface area contributed by atoms with Gasteiger partial charge in [0, 0.05) is 13.1 Å². The topological polar surface area (TPSA) is 55.6 Å². The fraction of sp³-hybridized carbons (Fsp3) is 0.667. The second kappa shape index (κ2) is 4.87. The minimum atomic E-state index is -0.676. The van der Waals surface area contributed by atoms with Crippen LogP contribution in [-0.2, 0) is 4.74 Å². The van der Waals surface area contributed by atoms with Crippen LogP contribution in [-0.4, -0.2) is 36.7 Å². The van der Waals surface area contributed by atoms with Gasteiger partial charge in [-0.3, -0.25) is 4.90 Å². The zero-order valence-corrected chi connectivity index (χ0v) is 7.74. The van der Waals surface area contributed by atoms with E-state index in [0.717, 1.165) is 32.5 Å². The van der Waals surface area contributed by atoms with E-state index in [1.807, 2.05) is 6.08 Å². The fourth-order valence-corrected chi connectivity index (χ4v) is 1.62. The largest absolute Gasteiger partial charge is 0.445 e. The Balaban J connectivity index is 2.32. The van der Waals surface area contributed by atoms with E-state index in [0.29, 0.717) is 0 Å². The van der Waals surface area contributed by atoms with Crippen molar-refractivity contribution in [3.8, 4) is 0 Å². The number of likely N-dealkylation sites (tertiary alicyclic amines) is 1. The minimum Gasteiger partial charge on any atom is -0.445 e. The van der Waals surface area contributed by atoms with Gasteiger partial charge in [0.1, 0.15) is 6.10 Å². The average Bonchev–Trinajstić information content (AvgIpc) is 2.04. The van der Waals surface area contributed by atoms with Gasteiger partial charge in [0.15, 0.2) is 0 Å². The third kappa shape index (κ3) is 3.46. The summed E-state index contributed by atoms with van der Waals surface area (Å²) < 4.78 is 4.93. The molecule has 4 heteroatoms. The van der Waals surface area contributed by atoms with Crippen molar-refractivity contribution in [2.24, 2.45) is 5.73 Å². The molecule has 1 unspecified atom stereocenters. The number of ether oxygens (including phenoxy) is 1. The summed E-state index contributed by atoms with van der Waals surface area (Å²) >= 11 is 0. The molecule has 1 amide bonds. The molecule has 4 nitrogen and oxygen atoms in total. The maximum atomic E-state index is 10.5. The first-order valence-corrected chi connectivity index (χ1v) is 4.51. The number of primary amides is 1. The van der Waals surface area contributed by atoms with Crippen LogP contribution in [0.1, 0.15) is 12.8 Å². The number of amides is 1. The second-order valence-corrected chi connectivity index (χ2v) is 3.25. The number of hydrogen-bond acceptors (Lipinski definition) is 3. The highest BCUT2D eigenvalue weighted by molar-refractivity contribution is 5.64.